The van der Waals surface area contributed by atoms with Crippen LogP contribution in [0.1, 0.15) is 43.3 Å². The van der Waals surface area contributed by atoms with Crippen LogP contribution in [0.3, 0.4) is 0 Å². The number of aliphatic hydroxyl groups excluding tert-OH is 1. The van der Waals surface area contributed by atoms with E-state index in [0.717, 1.165) is 57.3 Å². The third kappa shape index (κ3) is 8.32. The third-order valence-electron chi connectivity index (χ3n) is 6.16. The molecule has 0 atom stereocenters. The number of thiophene rings is 5. The van der Waals surface area contributed by atoms with Crippen molar-refractivity contribution in [1.82, 2.24) is 0 Å². The molecule has 0 aliphatic rings. The number of hydrogen-bond acceptors (Lipinski definition) is 12. The fourth-order valence-corrected chi connectivity index (χ4v) is 9.84. The lowest BCUT2D eigenvalue weighted by molar-refractivity contribution is -0.215. The number of carbonyl (C=O) groups is 4. The van der Waals surface area contributed by atoms with Gasteiger partial charge in [0.2, 0.25) is 0 Å². The van der Waals surface area contributed by atoms with Crippen molar-refractivity contribution in [2.75, 3.05) is 14.2 Å². The maximum absolute atomic E-state index is 12.1. The Labute approximate surface area is 276 Å². The van der Waals surface area contributed by atoms with Crippen LogP contribution < -0.4 is 0 Å². The molecule has 45 heavy (non-hydrogen) atoms. The average Bonchev–Trinajstić information content (AvgIpc) is 3.83. The maximum atomic E-state index is 12.1. The number of hydrogen-bond donors (Lipinski definition) is 4. The van der Waals surface area contributed by atoms with Gasteiger partial charge in [0.05, 0.1) is 7.11 Å². The zero-order chi connectivity index (χ0) is 32.7. The van der Waals surface area contributed by atoms with Crippen LogP contribution in [0, 0.1) is 0 Å². The second kappa shape index (κ2) is 15.5. The molecule has 0 bridgehead atoms. The highest BCUT2D eigenvalue weighted by molar-refractivity contribution is 7.30. The van der Waals surface area contributed by atoms with E-state index in [1.165, 1.54) is 63.8 Å². The molecule has 0 aliphatic carbocycles. The number of carboxylic acid groups (broad SMARTS) is 3. The minimum absolute atomic E-state index is 0.0377. The second-order valence-corrected chi connectivity index (χ2v) is 14.4. The Kier molecular flexibility index (Phi) is 11.8. The Hall–Kier alpha value is -3.70. The van der Waals surface area contributed by atoms with Crippen molar-refractivity contribution >= 4 is 80.6 Å². The number of rotatable bonds is 13. The Morgan fingerprint density at radius 3 is 1.47 bits per heavy atom. The summed E-state index contributed by atoms with van der Waals surface area (Å²) < 4.78 is 0. The molecule has 15 heteroatoms. The predicted molar refractivity (Wildman–Crippen MR) is 177 cm³/mol. The van der Waals surface area contributed by atoms with Crippen molar-refractivity contribution in [2.45, 2.75) is 25.7 Å². The molecule has 0 aliphatic heterocycles. The summed E-state index contributed by atoms with van der Waals surface area (Å²) in [6, 6.07) is 14.6. The van der Waals surface area contributed by atoms with Crippen molar-refractivity contribution in [3.8, 4) is 39.0 Å². The molecule has 0 fully saturated rings. The number of aryl methyl sites for hydroxylation is 2. The number of aliphatic hydroxyl groups is 1. The van der Waals surface area contributed by atoms with Crippen LogP contribution in [0.5, 0.6) is 0 Å². The number of carbonyl (C=O) groups excluding carboxylic acids is 1. The van der Waals surface area contributed by atoms with Crippen LogP contribution in [-0.2, 0) is 32.2 Å². The van der Waals surface area contributed by atoms with E-state index < -0.39 is 23.9 Å². The molecule has 0 saturated heterocycles. The number of aliphatic carboxylic acids is 2. The SMILES string of the molecule is CO.COOC(=O)c1ccc(-c2cc(CCC(=O)O)c(-c3ccc(-c4sc(-c5ccc(C(=O)O)s5)cc4CCC(=O)O)s3)s2)s1. The minimum Gasteiger partial charge on any atom is -0.481 e. The van der Waals surface area contributed by atoms with Gasteiger partial charge in [-0.25, -0.2) is 9.59 Å². The van der Waals surface area contributed by atoms with Crippen molar-refractivity contribution in [3.05, 3.63) is 69.4 Å². The Morgan fingerprint density at radius 1 is 0.600 bits per heavy atom. The standard InChI is InChI=1S/C29H22O9S5.CH4O/c1-37-38-29(36)21-9-5-17(40-21)23-13-15(3-11-25(32)33)27(43-23)19-7-6-18(41-19)26-14(2-10-24(30)31)12-22(42-26)16-4-8-20(39-16)28(34)35;1-2/h4-9,12-13H,2-3,10-11H2,1H3,(H,30,31)(H,32,33)(H,34,35);2H,1H3. The summed E-state index contributed by atoms with van der Waals surface area (Å²) >= 11 is 6.95. The van der Waals surface area contributed by atoms with Gasteiger partial charge in [0.15, 0.2) is 0 Å². The molecule has 10 nitrogen and oxygen atoms in total. The van der Waals surface area contributed by atoms with Crippen molar-refractivity contribution in [1.29, 1.82) is 0 Å². The fourth-order valence-electron chi connectivity index (χ4n) is 4.24. The summed E-state index contributed by atoms with van der Waals surface area (Å²) in [7, 11) is 2.26. The van der Waals surface area contributed by atoms with Gasteiger partial charge in [-0.1, -0.05) is 0 Å². The molecule has 0 spiro atoms. The first kappa shape index (κ1) is 34.2. The molecule has 5 rings (SSSR count). The van der Waals surface area contributed by atoms with Gasteiger partial charge in [-0.2, -0.15) is 4.89 Å². The Morgan fingerprint density at radius 2 is 1.04 bits per heavy atom. The van der Waals surface area contributed by atoms with Crippen LogP contribution in [0.4, 0.5) is 0 Å². The van der Waals surface area contributed by atoms with Gasteiger partial charge >= 0.3 is 23.9 Å². The number of carboxylic acids is 3. The summed E-state index contributed by atoms with van der Waals surface area (Å²) in [6.45, 7) is 0. The summed E-state index contributed by atoms with van der Waals surface area (Å²) in [5.74, 6) is -3.40. The molecular weight excluding hydrogens is 681 g/mol. The summed E-state index contributed by atoms with van der Waals surface area (Å²) in [4.78, 5) is 63.1. The van der Waals surface area contributed by atoms with E-state index in [4.69, 9.17) is 5.11 Å². The number of aromatic carboxylic acids is 1. The van der Waals surface area contributed by atoms with Gasteiger partial charge in [-0.05, 0) is 72.5 Å². The van der Waals surface area contributed by atoms with Gasteiger partial charge in [-0.15, -0.1) is 56.7 Å². The molecule has 0 unspecified atom stereocenters. The molecule has 0 radical (unpaired) electrons. The summed E-state index contributed by atoms with van der Waals surface area (Å²) in [5, 5.41) is 35.0. The van der Waals surface area contributed by atoms with E-state index in [0.29, 0.717) is 17.7 Å². The van der Waals surface area contributed by atoms with Crippen LogP contribution in [0.25, 0.3) is 39.0 Å². The predicted octanol–water partition coefficient (Wildman–Crippen LogP) is 7.72. The van der Waals surface area contributed by atoms with Crippen LogP contribution >= 0.6 is 56.7 Å². The lowest BCUT2D eigenvalue weighted by atomic mass is 10.1. The maximum Gasteiger partial charge on any atom is 0.382 e. The van der Waals surface area contributed by atoms with E-state index in [9.17, 15) is 34.5 Å². The van der Waals surface area contributed by atoms with E-state index in [2.05, 4.69) is 9.78 Å². The zero-order valence-corrected chi connectivity index (χ0v) is 27.8. The first-order chi connectivity index (χ1) is 21.6. The van der Waals surface area contributed by atoms with Crippen molar-refractivity contribution < 1.29 is 49.4 Å². The molecule has 5 aromatic heterocycles. The highest BCUT2D eigenvalue weighted by atomic mass is 32.1. The fraction of sp³-hybridized carbons (Fsp3) is 0.200. The zero-order valence-electron chi connectivity index (χ0n) is 23.7. The largest absolute Gasteiger partial charge is 0.481 e. The molecule has 0 amide bonds. The average molecular weight is 707 g/mol. The van der Waals surface area contributed by atoms with Gasteiger partial charge in [0, 0.05) is 59.0 Å². The molecule has 0 saturated carbocycles. The minimum atomic E-state index is -0.996. The first-order valence-electron chi connectivity index (χ1n) is 13.1. The van der Waals surface area contributed by atoms with Gasteiger partial charge < -0.3 is 20.4 Å². The van der Waals surface area contributed by atoms with E-state index in [-0.39, 0.29) is 17.7 Å². The Bertz CT molecular complexity index is 1820. The van der Waals surface area contributed by atoms with Crippen LogP contribution in [-0.4, -0.2) is 58.5 Å². The summed E-state index contributed by atoms with van der Waals surface area (Å²) in [6.07, 6.45) is 0.574. The van der Waals surface area contributed by atoms with Crippen molar-refractivity contribution in [2.24, 2.45) is 0 Å². The Balaban J connectivity index is 0.00000226. The summed E-state index contributed by atoms with van der Waals surface area (Å²) in [5.41, 5.74) is 1.75. The monoisotopic (exact) mass is 706 g/mol. The molecule has 5 aromatic rings. The van der Waals surface area contributed by atoms with Crippen LogP contribution in [0.15, 0.2) is 48.5 Å². The van der Waals surface area contributed by atoms with Crippen molar-refractivity contribution in [3.63, 3.8) is 0 Å². The normalized spacial score (nSPS) is 10.7. The lowest BCUT2D eigenvalue weighted by Gasteiger charge is -2.01. The lowest BCUT2D eigenvalue weighted by Crippen LogP contribution is -2.00. The highest BCUT2D eigenvalue weighted by Gasteiger charge is 2.21. The highest BCUT2D eigenvalue weighted by Crippen LogP contribution is 2.48. The van der Waals surface area contributed by atoms with Gasteiger partial charge in [0.1, 0.15) is 9.75 Å². The topological polar surface area (TPSA) is 168 Å². The molecule has 4 N–H and O–H groups in total. The third-order valence-corrected chi connectivity index (χ3v) is 12.5. The van der Waals surface area contributed by atoms with Crippen LogP contribution in [0.2, 0.25) is 0 Å². The quantitative estimate of drug-likeness (QED) is 0.0703. The smallest absolute Gasteiger partial charge is 0.382 e. The second-order valence-electron chi connectivity index (χ2n) is 9.05. The van der Waals surface area contributed by atoms with Gasteiger partial charge in [0.25, 0.3) is 0 Å². The molecule has 236 valence electrons. The molecular formula is C30H26O10S5. The molecule has 5 heterocycles. The van der Waals surface area contributed by atoms with E-state index in [1.807, 2.05) is 30.3 Å². The van der Waals surface area contributed by atoms with E-state index >= 15 is 0 Å². The molecule has 0 aromatic carbocycles. The first-order valence-corrected chi connectivity index (χ1v) is 17.1. The van der Waals surface area contributed by atoms with E-state index in [1.54, 1.807) is 18.2 Å². The van der Waals surface area contributed by atoms with Gasteiger partial charge in [-0.3, -0.25) is 14.5 Å².